The van der Waals surface area contributed by atoms with Crippen molar-refractivity contribution in [1.29, 1.82) is 0 Å². The summed E-state index contributed by atoms with van der Waals surface area (Å²) < 4.78 is 26.4. The van der Waals surface area contributed by atoms with Crippen LogP contribution < -0.4 is 9.62 Å². The van der Waals surface area contributed by atoms with Crippen LogP contribution in [0.1, 0.15) is 50.8 Å². The molecule has 34 heavy (non-hydrogen) atoms. The van der Waals surface area contributed by atoms with Crippen molar-refractivity contribution in [3.8, 4) is 0 Å². The highest BCUT2D eigenvalue weighted by atomic mass is 32.2. The minimum absolute atomic E-state index is 0.0819. The zero-order chi connectivity index (χ0) is 25.5. The Morgan fingerprint density at radius 2 is 1.62 bits per heavy atom. The number of hydrogen-bond acceptors (Lipinski definition) is 4. The monoisotopic (exact) mass is 487 g/mol. The molecule has 0 fully saturated rings. The second kappa shape index (κ2) is 12.0. The summed E-state index contributed by atoms with van der Waals surface area (Å²) in [5.41, 5.74) is 3.39. The molecule has 7 nitrogen and oxygen atoms in total. The van der Waals surface area contributed by atoms with E-state index in [-0.39, 0.29) is 25.0 Å². The molecule has 0 bridgehead atoms. The van der Waals surface area contributed by atoms with E-state index in [9.17, 15) is 18.0 Å². The van der Waals surface area contributed by atoms with Gasteiger partial charge in [-0.1, -0.05) is 50.2 Å². The predicted molar refractivity (Wildman–Crippen MR) is 137 cm³/mol. The van der Waals surface area contributed by atoms with Gasteiger partial charge in [-0.25, -0.2) is 8.42 Å². The first kappa shape index (κ1) is 27.4. The number of carbonyl (C=O) groups is 2. The number of carbonyl (C=O) groups excluding carboxylic acids is 2. The topological polar surface area (TPSA) is 86.8 Å². The van der Waals surface area contributed by atoms with Crippen molar-refractivity contribution >= 4 is 27.5 Å². The second-order valence-electron chi connectivity index (χ2n) is 8.83. The first-order valence-electron chi connectivity index (χ1n) is 11.7. The molecule has 0 unspecified atom stereocenters. The normalized spacial score (nSPS) is 12.3. The van der Waals surface area contributed by atoms with Crippen molar-refractivity contribution in [1.82, 2.24) is 10.2 Å². The summed E-state index contributed by atoms with van der Waals surface area (Å²) in [6.07, 6.45) is 2.31. The van der Waals surface area contributed by atoms with Gasteiger partial charge in [0.2, 0.25) is 21.8 Å². The number of nitrogens with one attached hydrogen (secondary N) is 1. The van der Waals surface area contributed by atoms with Crippen LogP contribution in [0.2, 0.25) is 0 Å². The summed E-state index contributed by atoms with van der Waals surface area (Å²) in [6, 6.07) is 14.0. The summed E-state index contributed by atoms with van der Waals surface area (Å²) in [6.45, 7) is 9.37. The lowest BCUT2D eigenvalue weighted by Crippen LogP contribution is -2.53. The third-order valence-corrected chi connectivity index (χ3v) is 6.87. The maximum atomic E-state index is 13.6. The summed E-state index contributed by atoms with van der Waals surface area (Å²) in [5.74, 6) is -0.684. The van der Waals surface area contributed by atoms with Crippen molar-refractivity contribution in [2.24, 2.45) is 0 Å². The van der Waals surface area contributed by atoms with E-state index < -0.39 is 22.0 Å². The molecule has 0 aliphatic carbocycles. The molecule has 0 saturated heterocycles. The van der Waals surface area contributed by atoms with Gasteiger partial charge in [-0.15, -0.1) is 0 Å². The van der Waals surface area contributed by atoms with Crippen LogP contribution in [0.25, 0.3) is 0 Å². The van der Waals surface area contributed by atoms with Gasteiger partial charge in [0, 0.05) is 12.6 Å². The first-order valence-corrected chi connectivity index (χ1v) is 13.5. The number of nitrogens with zero attached hydrogens (tertiary/aromatic N) is 2. The molecule has 2 rings (SSSR count). The van der Waals surface area contributed by atoms with E-state index in [0.717, 1.165) is 33.7 Å². The van der Waals surface area contributed by atoms with Crippen LogP contribution >= 0.6 is 0 Å². The van der Waals surface area contributed by atoms with Gasteiger partial charge in [0.15, 0.2) is 0 Å². The van der Waals surface area contributed by atoms with Crippen molar-refractivity contribution in [2.75, 3.05) is 17.1 Å². The van der Waals surface area contributed by atoms with Gasteiger partial charge in [-0.05, 0) is 62.4 Å². The maximum absolute atomic E-state index is 13.6. The standard InChI is InChI=1S/C26H37N3O4S/c1-7-21-13-15-23(16-14-21)29(34(6,32)33)18-25(30)28(17-22-12-10-9-11-20(22)5)24(8-2)26(31)27-19(3)4/h9-16,19,24H,7-8,17-18H2,1-6H3,(H,27,31)/t24-/m1/s1. The third kappa shape index (κ3) is 7.32. The molecule has 0 radical (unpaired) electrons. The molecule has 0 aliphatic rings. The molecule has 0 aliphatic heterocycles. The van der Waals surface area contributed by atoms with E-state index in [2.05, 4.69) is 5.32 Å². The molecular formula is C26H37N3O4S. The highest BCUT2D eigenvalue weighted by molar-refractivity contribution is 7.92. The molecule has 0 aromatic heterocycles. The zero-order valence-corrected chi connectivity index (χ0v) is 21.9. The van der Waals surface area contributed by atoms with Crippen LogP contribution in [0, 0.1) is 6.92 Å². The number of aryl methyl sites for hydroxylation is 2. The summed E-state index contributed by atoms with van der Waals surface area (Å²) in [7, 11) is -3.73. The minimum Gasteiger partial charge on any atom is -0.352 e. The van der Waals surface area contributed by atoms with Crippen LogP contribution in [0.3, 0.4) is 0 Å². The van der Waals surface area contributed by atoms with Gasteiger partial charge < -0.3 is 10.2 Å². The van der Waals surface area contributed by atoms with Crippen molar-refractivity contribution in [3.05, 3.63) is 65.2 Å². The number of benzene rings is 2. The molecule has 2 amide bonds. The Hall–Kier alpha value is -2.87. The Balaban J connectivity index is 2.44. The second-order valence-corrected chi connectivity index (χ2v) is 10.7. The van der Waals surface area contributed by atoms with E-state index in [1.807, 2.05) is 71.0 Å². The average Bonchev–Trinajstić information content (AvgIpc) is 2.77. The summed E-state index contributed by atoms with van der Waals surface area (Å²) in [5, 5.41) is 2.89. The summed E-state index contributed by atoms with van der Waals surface area (Å²) >= 11 is 0. The van der Waals surface area contributed by atoms with Crippen molar-refractivity contribution in [3.63, 3.8) is 0 Å². The Bertz CT molecular complexity index is 1080. The van der Waals surface area contributed by atoms with Crippen molar-refractivity contribution in [2.45, 2.75) is 66.1 Å². The van der Waals surface area contributed by atoms with E-state index in [1.165, 1.54) is 4.90 Å². The van der Waals surface area contributed by atoms with Gasteiger partial charge in [-0.2, -0.15) is 0 Å². The molecule has 2 aromatic carbocycles. The lowest BCUT2D eigenvalue weighted by Gasteiger charge is -2.33. The largest absolute Gasteiger partial charge is 0.352 e. The Kier molecular flexibility index (Phi) is 9.67. The fourth-order valence-electron chi connectivity index (χ4n) is 3.78. The number of amides is 2. The molecule has 1 N–H and O–H groups in total. The van der Waals surface area contributed by atoms with Gasteiger partial charge in [0.05, 0.1) is 11.9 Å². The first-order chi connectivity index (χ1) is 16.0. The predicted octanol–water partition coefficient (Wildman–Crippen LogP) is 3.66. The van der Waals surface area contributed by atoms with E-state index >= 15 is 0 Å². The molecule has 0 spiro atoms. The van der Waals surface area contributed by atoms with Gasteiger partial charge >= 0.3 is 0 Å². The van der Waals surface area contributed by atoms with Crippen molar-refractivity contribution < 1.29 is 18.0 Å². The van der Waals surface area contributed by atoms with Crippen LogP contribution in [-0.2, 0) is 32.6 Å². The zero-order valence-electron chi connectivity index (χ0n) is 21.0. The van der Waals surface area contributed by atoms with Crippen LogP contribution in [-0.4, -0.2) is 50.0 Å². The van der Waals surface area contributed by atoms with Crippen LogP contribution in [0.5, 0.6) is 0 Å². The third-order valence-electron chi connectivity index (χ3n) is 5.73. The maximum Gasteiger partial charge on any atom is 0.244 e. The van der Waals surface area contributed by atoms with E-state index in [1.54, 1.807) is 12.1 Å². The molecule has 0 heterocycles. The quantitative estimate of drug-likeness (QED) is 0.524. The van der Waals surface area contributed by atoms with E-state index in [0.29, 0.717) is 12.1 Å². The lowest BCUT2D eigenvalue weighted by molar-refractivity contribution is -0.140. The molecular weight excluding hydrogens is 450 g/mol. The Morgan fingerprint density at radius 1 is 1.00 bits per heavy atom. The average molecular weight is 488 g/mol. The molecule has 2 aromatic rings. The van der Waals surface area contributed by atoms with Gasteiger partial charge in [0.1, 0.15) is 12.6 Å². The minimum atomic E-state index is -3.73. The summed E-state index contributed by atoms with van der Waals surface area (Å²) in [4.78, 5) is 28.1. The fraction of sp³-hybridized carbons (Fsp3) is 0.462. The molecule has 0 saturated carbocycles. The number of anilines is 1. The van der Waals surface area contributed by atoms with Crippen LogP contribution in [0.4, 0.5) is 5.69 Å². The number of rotatable bonds is 11. The van der Waals surface area contributed by atoms with Crippen LogP contribution in [0.15, 0.2) is 48.5 Å². The number of sulfonamides is 1. The van der Waals surface area contributed by atoms with E-state index in [4.69, 9.17) is 0 Å². The Labute approximate surface area is 204 Å². The molecule has 1 atom stereocenters. The highest BCUT2D eigenvalue weighted by Crippen LogP contribution is 2.21. The SMILES string of the molecule is CCc1ccc(N(CC(=O)N(Cc2ccccc2C)[C@H](CC)C(=O)NC(C)C)S(C)(=O)=O)cc1. The molecule has 8 heteroatoms. The fourth-order valence-corrected chi connectivity index (χ4v) is 4.63. The number of hydrogen-bond donors (Lipinski definition) is 1. The lowest BCUT2D eigenvalue weighted by atomic mass is 10.1. The van der Waals surface area contributed by atoms with Gasteiger partial charge in [-0.3, -0.25) is 13.9 Å². The smallest absolute Gasteiger partial charge is 0.244 e. The highest BCUT2D eigenvalue weighted by Gasteiger charge is 2.32. The Morgan fingerprint density at radius 3 is 2.12 bits per heavy atom. The van der Waals surface area contributed by atoms with Gasteiger partial charge in [0.25, 0.3) is 0 Å². The molecule has 186 valence electrons.